The fourth-order valence-electron chi connectivity index (χ4n) is 3.36. The van der Waals surface area contributed by atoms with Crippen LogP contribution in [0.4, 0.5) is 5.13 Å². The fraction of sp³-hybridized carbons (Fsp3) is 0.200. The zero-order valence-electron chi connectivity index (χ0n) is 15.6. The monoisotopic (exact) mass is 429 g/mol. The van der Waals surface area contributed by atoms with Crippen LogP contribution in [0, 0.1) is 0 Å². The quantitative estimate of drug-likeness (QED) is 0.622. The third-order valence-corrected chi connectivity index (χ3v) is 7.75. The van der Waals surface area contributed by atoms with Gasteiger partial charge in [0.05, 0.1) is 17.5 Å². The predicted octanol–water partition coefficient (Wildman–Crippen LogP) is 3.14. The van der Waals surface area contributed by atoms with E-state index < -0.39 is 21.5 Å². The second-order valence-electron chi connectivity index (χ2n) is 6.73. The van der Waals surface area contributed by atoms with E-state index in [9.17, 15) is 13.2 Å². The van der Waals surface area contributed by atoms with Crippen LogP contribution in [0.1, 0.15) is 28.8 Å². The average Bonchev–Trinajstić information content (AvgIpc) is 3.34. The molecule has 0 saturated heterocycles. The molecule has 0 radical (unpaired) electrons. The van der Waals surface area contributed by atoms with Crippen molar-refractivity contribution >= 4 is 32.4 Å². The van der Waals surface area contributed by atoms with E-state index in [0.717, 1.165) is 5.56 Å². The summed E-state index contributed by atoms with van der Waals surface area (Å²) < 4.78 is 33.9. The highest BCUT2D eigenvalue weighted by atomic mass is 32.2. The molecule has 3 aromatic rings. The van der Waals surface area contributed by atoms with Crippen LogP contribution in [0.15, 0.2) is 65.0 Å². The fourth-order valence-corrected chi connectivity index (χ4v) is 6.11. The molecule has 0 spiro atoms. The number of carbonyl (C=O) groups is 1. The van der Waals surface area contributed by atoms with Gasteiger partial charge in [0, 0.05) is 17.1 Å². The minimum Gasteiger partial charge on any atom is -0.497 e. The molecule has 0 atom stereocenters. The highest BCUT2D eigenvalue weighted by Gasteiger charge is 2.55. The number of benzene rings is 2. The molecule has 1 aliphatic carbocycles. The maximum Gasteiger partial charge on any atom is 0.266 e. The zero-order valence-corrected chi connectivity index (χ0v) is 17.2. The number of nitrogens with two attached hydrogens (primary N) is 1. The van der Waals surface area contributed by atoms with Crippen LogP contribution < -0.4 is 14.8 Å². The molecule has 2 N–H and O–H groups in total. The van der Waals surface area contributed by atoms with Gasteiger partial charge in [-0.15, -0.1) is 11.3 Å². The summed E-state index contributed by atoms with van der Waals surface area (Å²) in [5, 5.41) is 2.15. The van der Waals surface area contributed by atoms with E-state index in [2.05, 4.69) is 4.98 Å². The Kier molecular flexibility index (Phi) is 4.79. The van der Waals surface area contributed by atoms with Crippen LogP contribution in [0.2, 0.25) is 0 Å². The summed E-state index contributed by atoms with van der Waals surface area (Å²) in [5.74, 6) is 0.0952. The van der Waals surface area contributed by atoms with Crippen molar-refractivity contribution in [2.24, 2.45) is 5.73 Å². The Morgan fingerprint density at radius 2 is 1.79 bits per heavy atom. The van der Waals surface area contributed by atoms with Crippen LogP contribution in [-0.4, -0.2) is 26.4 Å². The number of thiazole rings is 1. The normalized spacial score (nSPS) is 14.9. The molecule has 150 valence electrons. The molecule has 29 heavy (non-hydrogen) atoms. The lowest BCUT2D eigenvalue weighted by atomic mass is 10.1. The zero-order chi connectivity index (χ0) is 20.6. The molecule has 1 aliphatic rings. The summed E-state index contributed by atoms with van der Waals surface area (Å²) >= 11 is 1.27. The predicted molar refractivity (Wildman–Crippen MR) is 111 cm³/mol. The summed E-state index contributed by atoms with van der Waals surface area (Å²) in [5.41, 5.74) is 5.70. The van der Waals surface area contributed by atoms with E-state index >= 15 is 0 Å². The van der Waals surface area contributed by atoms with Crippen molar-refractivity contribution in [3.63, 3.8) is 0 Å². The number of carbonyl (C=O) groups excluding carboxylic acids is 1. The van der Waals surface area contributed by atoms with E-state index in [1.54, 1.807) is 18.7 Å². The first-order valence-corrected chi connectivity index (χ1v) is 11.2. The second-order valence-corrected chi connectivity index (χ2v) is 9.39. The van der Waals surface area contributed by atoms with Gasteiger partial charge in [-0.3, -0.25) is 4.79 Å². The van der Waals surface area contributed by atoms with Crippen molar-refractivity contribution in [1.82, 2.24) is 4.98 Å². The first kappa shape index (κ1) is 19.4. The van der Waals surface area contributed by atoms with Crippen molar-refractivity contribution in [3.05, 3.63) is 71.2 Å². The number of ether oxygens (including phenoxy) is 1. The maximum absolute atomic E-state index is 13.6. The van der Waals surface area contributed by atoms with E-state index in [-0.39, 0.29) is 10.5 Å². The highest BCUT2D eigenvalue weighted by Crippen LogP contribution is 2.55. The summed E-state index contributed by atoms with van der Waals surface area (Å²) in [7, 11) is -2.34. The molecule has 7 nitrogen and oxygen atoms in total. The van der Waals surface area contributed by atoms with Gasteiger partial charge in [0.1, 0.15) is 5.75 Å². The molecule has 1 saturated carbocycles. The van der Waals surface area contributed by atoms with E-state index in [4.69, 9.17) is 10.5 Å². The van der Waals surface area contributed by atoms with Gasteiger partial charge >= 0.3 is 0 Å². The Bertz CT molecular complexity index is 1120. The minimum absolute atomic E-state index is 0.0810. The first-order chi connectivity index (χ1) is 13.9. The molecule has 1 amide bonds. The largest absolute Gasteiger partial charge is 0.497 e. The lowest BCUT2D eigenvalue weighted by molar-refractivity contribution is 0.1000. The number of methoxy groups -OCH3 is 1. The Hall–Kier alpha value is -2.91. The van der Waals surface area contributed by atoms with E-state index in [1.807, 2.05) is 24.3 Å². The van der Waals surface area contributed by atoms with Gasteiger partial charge in [-0.1, -0.05) is 12.1 Å². The number of aromatic nitrogens is 1. The first-order valence-electron chi connectivity index (χ1n) is 8.88. The molecule has 9 heteroatoms. The number of hydrogen-bond acceptors (Lipinski definition) is 6. The van der Waals surface area contributed by atoms with Gasteiger partial charge in [-0.25, -0.2) is 17.7 Å². The number of primary amides is 1. The Morgan fingerprint density at radius 3 is 2.28 bits per heavy atom. The third-order valence-electron chi connectivity index (χ3n) is 5.01. The number of nitrogens with zero attached hydrogens (tertiary/aromatic N) is 2. The van der Waals surface area contributed by atoms with Crippen molar-refractivity contribution < 1.29 is 17.9 Å². The molecule has 0 bridgehead atoms. The Morgan fingerprint density at radius 1 is 1.14 bits per heavy atom. The molecule has 2 aromatic carbocycles. The molecule has 1 aromatic heterocycles. The molecule has 0 aliphatic heterocycles. The third kappa shape index (κ3) is 3.36. The molecular formula is C20H19N3O4S2. The van der Waals surface area contributed by atoms with Gasteiger partial charge in [-0.2, -0.15) is 0 Å². The topological polar surface area (TPSA) is 103 Å². The standard InChI is InChI=1S/C20H19N3O4S2/c1-27-16-6-4-15(5-7-16)20(10-11-20)23(19-22-12-13-28-19)29(25,26)17-8-2-14(3-9-17)18(21)24/h2-9,12-13H,10-11H2,1H3,(H2,21,24). The summed E-state index contributed by atoms with van der Waals surface area (Å²) in [6.07, 6.45) is 2.94. The molecule has 1 heterocycles. The smallest absolute Gasteiger partial charge is 0.266 e. The van der Waals surface area contributed by atoms with Crippen LogP contribution in [0.3, 0.4) is 0 Å². The Labute approximate surface area is 172 Å². The summed E-state index contributed by atoms with van der Waals surface area (Å²) in [6.45, 7) is 0. The number of sulfonamides is 1. The Balaban J connectivity index is 1.81. The number of hydrogen-bond donors (Lipinski definition) is 1. The molecule has 0 unspecified atom stereocenters. The summed E-state index contributed by atoms with van der Waals surface area (Å²) in [4.78, 5) is 15.7. The summed E-state index contributed by atoms with van der Waals surface area (Å²) in [6, 6.07) is 13.1. The lowest BCUT2D eigenvalue weighted by Crippen LogP contribution is -2.40. The van der Waals surface area contributed by atoms with E-state index in [1.165, 1.54) is 39.9 Å². The van der Waals surface area contributed by atoms with Gasteiger partial charge < -0.3 is 10.5 Å². The van der Waals surface area contributed by atoms with Crippen LogP contribution in [-0.2, 0) is 15.6 Å². The SMILES string of the molecule is COc1ccc(C2(N(c3nccs3)S(=O)(=O)c3ccc(C(N)=O)cc3)CC2)cc1. The maximum atomic E-state index is 13.6. The highest BCUT2D eigenvalue weighted by molar-refractivity contribution is 7.93. The van der Waals surface area contributed by atoms with E-state index in [0.29, 0.717) is 23.7 Å². The number of anilines is 1. The van der Waals surface area contributed by atoms with Crippen LogP contribution in [0.5, 0.6) is 5.75 Å². The van der Waals surface area contributed by atoms with Gasteiger partial charge in [0.25, 0.3) is 10.0 Å². The minimum atomic E-state index is -3.93. The van der Waals surface area contributed by atoms with Gasteiger partial charge in [0.15, 0.2) is 5.13 Å². The van der Waals surface area contributed by atoms with Crippen LogP contribution >= 0.6 is 11.3 Å². The van der Waals surface area contributed by atoms with Crippen molar-refractivity contribution in [3.8, 4) is 5.75 Å². The van der Waals surface area contributed by atoms with Crippen molar-refractivity contribution in [2.75, 3.05) is 11.4 Å². The van der Waals surface area contributed by atoms with Crippen LogP contribution in [0.25, 0.3) is 0 Å². The lowest BCUT2D eigenvalue weighted by Gasteiger charge is -2.31. The van der Waals surface area contributed by atoms with Gasteiger partial charge in [-0.05, 0) is 54.8 Å². The van der Waals surface area contributed by atoms with Crippen molar-refractivity contribution in [2.45, 2.75) is 23.3 Å². The molecule has 1 fully saturated rings. The molecule has 4 rings (SSSR count). The number of rotatable bonds is 7. The number of amides is 1. The average molecular weight is 430 g/mol. The molecular weight excluding hydrogens is 410 g/mol. The van der Waals surface area contributed by atoms with Gasteiger partial charge in [0.2, 0.25) is 5.91 Å². The van der Waals surface area contributed by atoms with Crippen molar-refractivity contribution in [1.29, 1.82) is 0 Å². The second kappa shape index (κ2) is 7.16.